The van der Waals surface area contributed by atoms with Gasteiger partial charge in [0.2, 0.25) is 0 Å². The van der Waals surface area contributed by atoms with E-state index in [4.69, 9.17) is 5.73 Å². The summed E-state index contributed by atoms with van der Waals surface area (Å²) in [6, 6.07) is 0. The molecular formula is C13H9Br4N5S6. The number of anilines is 1. The first-order valence-corrected chi connectivity index (χ1v) is 17.6. The molecular weight excluding hydrogens is 738 g/mol. The molecule has 150 valence electrons. The van der Waals surface area contributed by atoms with E-state index in [1.807, 2.05) is 17.0 Å². The van der Waals surface area contributed by atoms with Crippen LogP contribution < -0.4 is 5.73 Å². The number of thiophene rings is 3. The van der Waals surface area contributed by atoms with Gasteiger partial charge in [-0.2, -0.15) is 0 Å². The Morgan fingerprint density at radius 1 is 0.929 bits per heavy atom. The van der Waals surface area contributed by atoms with Gasteiger partial charge in [-0.15, -0.1) is 56.0 Å². The second kappa shape index (κ2) is 13.3. The molecule has 0 spiro atoms. The number of hydrogen-bond donors (Lipinski definition) is 1. The Kier molecular flexibility index (Phi) is 11.9. The van der Waals surface area contributed by atoms with Crippen molar-refractivity contribution in [2.45, 2.75) is 4.90 Å². The summed E-state index contributed by atoms with van der Waals surface area (Å²) < 4.78 is 12.0. The van der Waals surface area contributed by atoms with Crippen molar-refractivity contribution in [2.24, 2.45) is 0 Å². The van der Waals surface area contributed by atoms with Gasteiger partial charge in [0.15, 0.2) is 0 Å². The van der Waals surface area contributed by atoms with Crippen molar-refractivity contribution in [3.63, 3.8) is 0 Å². The van der Waals surface area contributed by atoms with Crippen LogP contribution in [0, 0.1) is 0 Å². The van der Waals surface area contributed by atoms with Crippen LogP contribution in [-0.4, -0.2) is 25.4 Å². The third kappa shape index (κ3) is 6.92. The van der Waals surface area contributed by atoms with Crippen LogP contribution in [0.1, 0.15) is 0 Å². The average Bonchev–Trinajstić information content (AvgIpc) is 3.47. The molecule has 5 aromatic rings. The highest BCUT2D eigenvalue weighted by molar-refractivity contribution is 9.93. The number of halogens is 4. The molecule has 0 aliphatic rings. The molecule has 2 N–H and O–H groups in total. The number of hydrogen-bond acceptors (Lipinski definition) is 11. The zero-order valence-corrected chi connectivity index (χ0v) is 24.9. The summed E-state index contributed by atoms with van der Waals surface area (Å²) in [6.07, 6.45) is 2.03. The minimum absolute atomic E-state index is 0.905. The third-order valence-electron chi connectivity index (χ3n) is 2.80. The summed E-state index contributed by atoms with van der Waals surface area (Å²) in [4.78, 5) is 1.19. The minimum atomic E-state index is 0.905. The number of rotatable bonds is 1. The van der Waals surface area contributed by atoms with Crippen LogP contribution in [0.5, 0.6) is 0 Å². The summed E-state index contributed by atoms with van der Waals surface area (Å²) in [5.74, 6) is 0. The predicted octanol–water partition coefficient (Wildman–Crippen LogP) is 8.77. The van der Waals surface area contributed by atoms with Crippen molar-refractivity contribution in [1.29, 1.82) is 0 Å². The van der Waals surface area contributed by atoms with Crippen LogP contribution in [0.3, 0.4) is 0 Å². The van der Waals surface area contributed by atoms with Crippen molar-refractivity contribution < 1.29 is 0 Å². The first-order chi connectivity index (χ1) is 13.6. The third-order valence-corrected chi connectivity index (χ3v) is 9.71. The number of nitrogens with zero attached hydrogens (tertiary/aromatic N) is 4. The van der Waals surface area contributed by atoms with Crippen LogP contribution in [0.4, 0.5) is 5.69 Å². The van der Waals surface area contributed by atoms with Gasteiger partial charge in [-0.1, -0.05) is 8.98 Å². The molecule has 0 aliphatic carbocycles. The zero-order chi connectivity index (χ0) is 20.5. The van der Waals surface area contributed by atoms with Crippen molar-refractivity contribution in [3.05, 3.63) is 29.1 Å². The van der Waals surface area contributed by atoms with Gasteiger partial charge < -0.3 is 5.73 Å². The van der Waals surface area contributed by atoms with Crippen LogP contribution >= 0.6 is 129 Å². The smallest absolute Gasteiger partial charge is 0.132 e. The van der Waals surface area contributed by atoms with E-state index in [-0.39, 0.29) is 0 Å². The highest BCUT2D eigenvalue weighted by atomic mass is 80.9. The molecule has 0 saturated heterocycles. The lowest BCUT2D eigenvalue weighted by Crippen LogP contribution is -1.79. The molecule has 0 unspecified atom stereocenters. The quantitative estimate of drug-likeness (QED) is 0.173. The predicted molar refractivity (Wildman–Crippen MR) is 144 cm³/mol. The number of nitrogens with two attached hydrogens (primary N) is 1. The van der Waals surface area contributed by atoms with E-state index < -0.39 is 0 Å². The first-order valence-electron chi connectivity index (χ1n) is 6.80. The Morgan fingerprint density at radius 2 is 1.64 bits per heavy atom. The fraction of sp³-hybridized carbons (Fsp3) is 0.0769. The molecule has 5 nitrogen and oxygen atoms in total. The Morgan fingerprint density at radius 3 is 2.21 bits per heavy atom. The van der Waals surface area contributed by atoms with E-state index in [1.54, 1.807) is 45.8 Å². The van der Waals surface area contributed by atoms with Crippen LogP contribution in [0.2, 0.25) is 0 Å². The molecule has 0 radical (unpaired) electrons. The van der Waals surface area contributed by atoms with E-state index in [0.717, 1.165) is 29.0 Å². The summed E-state index contributed by atoms with van der Waals surface area (Å²) in [5.41, 5.74) is 8.43. The lowest BCUT2D eigenvalue weighted by atomic mass is 10.6. The highest BCUT2D eigenvalue weighted by Gasteiger charge is 2.10. The molecule has 0 amide bonds. The summed E-state index contributed by atoms with van der Waals surface area (Å²) in [7, 11) is 0. The van der Waals surface area contributed by atoms with Gasteiger partial charge in [0.1, 0.15) is 19.5 Å². The fourth-order valence-electron chi connectivity index (χ4n) is 1.61. The number of thioether (sulfide) groups is 1. The maximum atomic E-state index is 5.54. The summed E-state index contributed by atoms with van der Waals surface area (Å²) in [6.45, 7) is 0. The summed E-state index contributed by atoms with van der Waals surface area (Å²) >= 11 is 21.8. The molecule has 0 fully saturated rings. The van der Waals surface area contributed by atoms with Crippen molar-refractivity contribution in [1.82, 2.24) is 19.2 Å². The molecule has 0 atom stereocenters. The van der Waals surface area contributed by atoms with E-state index in [1.165, 1.54) is 32.7 Å². The second-order valence-corrected chi connectivity index (χ2v) is 11.9. The highest BCUT2D eigenvalue weighted by Crippen LogP contribution is 2.39. The van der Waals surface area contributed by atoms with Crippen molar-refractivity contribution in [2.75, 3.05) is 12.0 Å². The fourth-order valence-corrected chi connectivity index (χ4v) is 8.40. The Balaban J connectivity index is 0.000000145. The van der Waals surface area contributed by atoms with Gasteiger partial charge in [-0.25, -0.2) is 0 Å². The molecule has 0 saturated carbocycles. The average molecular weight is 747 g/mol. The van der Waals surface area contributed by atoms with Crippen molar-refractivity contribution >= 4 is 155 Å². The van der Waals surface area contributed by atoms with Gasteiger partial charge in [0.25, 0.3) is 0 Å². The van der Waals surface area contributed by atoms with Crippen LogP contribution in [0.25, 0.3) is 20.4 Å². The van der Waals surface area contributed by atoms with E-state index in [0.29, 0.717) is 0 Å². The van der Waals surface area contributed by atoms with Gasteiger partial charge >= 0.3 is 0 Å². The van der Waals surface area contributed by atoms with E-state index >= 15 is 0 Å². The first kappa shape index (κ1) is 25.1. The largest absolute Gasteiger partial charge is 0.397 e. The van der Waals surface area contributed by atoms with Crippen molar-refractivity contribution in [3.8, 4) is 0 Å². The van der Waals surface area contributed by atoms with Gasteiger partial charge in [-0.3, -0.25) is 0 Å². The topological polar surface area (TPSA) is 77.6 Å². The minimum Gasteiger partial charge on any atom is -0.397 e. The Bertz CT molecular complexity index is 1020. The Hall–Kier alpha value is 0.810. The maximum absolute atomic E-state index is 5.54. The monoisotopic (exact) mass is 743 g/mol. The Labute approximate surface area is 217 Å². The number of nitrogen functional groups attached to an aromatic ring is 1. The van der Waals surface area contributed by atoms with Gasteiger partial charge in [0, 0.05) is 54.7 Å². The standard InChI is InChI=1S/C5H7NS2.C4Br2N2S2.C4H2N2S2.Br2/c1-7-5-3-8-2-4(5)6;5-3-1-2(4(6)9-3)10-8-7-1;1-3-4(2-7-1)8-6-5-3;1-2/h2-3H,6H2,1H3;;1-2H;. The summed E-state index contributed by atoms with van der Waals surface area (Å²) in [5, 5.41) is 15.9. The molecule has 0 aromatic carbocycles. The van der Waals surface area contributed by atoms with E-state index in [9.17, 15) is 0 Å². The van der Waals surface area contributed by atoms with Crippen LogP contribution in [0.15, 0.2) is 34.0 Å². The molecule has 0 bridgehead atoms. The van der Waals surface area contributed by atoms with E-state index in [2.05, 4.69) is 90.0 Å². The van der Waals surface area contributed by atoms with Gasteiger partial charge in [0.05, 0.1) is 14.2 Å². The molecule has 15 heteroatoms. The lowest BCUT2D eigenvalue weighted by Gasteiger charge is -1.88. The van der Waals surface area contributed by atoms with Gasteiger partial charge in [-0.05, 0) is 61.2 Å². The molecule has 5 aromatic heterocycles. The molecule has 28 heavy (non-hydrogen) atoms. The molecule has 0 aliphatic heterocycles. The zero-order valence-electron chi connectivity index (χ0n) is 13.6. The molecule has 5 rings (SSSR count). The molecule has 5 heterocycles. The SMILES string of the molecule is BrBr.Brc1sc(Br)c2snnc12.CSc1cscc1N.c1scc2snnc12. The lowest BCUT2D eigenvalue weighted by molar-refractivity contribution is 1.20. The number of fused-ring (bicyclic) bond motifs is 2. The maximum Gasteiger partial charge on any atom is 0.132 e. The number of aromatic nitrogens is 4. The van der Waals surface area contributed by atoms with Crippen LogP contribution in [-0.2, 0) is 0 Å². The second-order valence-electron chi connectivity index (χ2n) is 4.39. The normalized spacial score (nSPS) is 9.89.